The summed E-state index contributed by atoms with van der Waals surface area (Å²) in [5.74, 6) is 0. The summed E-state index contributed by atoms with van der Waals surface area (Å²) < 4.78 is 0. The maximum absolute atomic E-state index is 3.60. The van der Waals surface area contributed by atoms with Crippen LogP contribution in [0.25, 0.3) is 0 Å². The summed E-state index contributed by atoms with van der Waals surface area (Å²) in [6.07, 6.45) is 13.5. The van der Waals surface area contributed by atoms with E-state index in [9.17, 15) is 0 Å². The van der Waals surface area contributed by atoms with Gasteiger partial charge in [-0.05, 0) is 64.6 Å². The Hall–Kier alpha value is -0.340. The Kier molecular flexibility index (Phi) is 6.08. The molecule has 98 valence electrons. The first-order chi connectivity index (χ1) is 8.45. The Morgan fingerprint density at radius 2 is 1.88 bits per heavy atom. The number of allylic oxidation sites excluding steroid dienone is 1. The van der Waals surface area contributed by atoms with Crippen molar-refractivity contribution in [2.24, 2.45) is 0 Å². The molecule has 0 radical (unpaired) electrons. The standard InChI is InChI=1S/C15H28N2/c1-3-7-15(8-4-1)9-10-16-11-14-17-12-5-2-6-13-17/h7,16H,1-6,8-14H2. The Balaban J connectivity index is 1.47. The van der Waals surface area contributed by atoms with E-state index < -0.39 is 0 Å². The van der Waals surface area contributed by atoms with Gasteiger partial charge in [0, 0.05) is 13.1 Å². The van der Waals surface area contributed by atoms with Gasteiger partial charge in [-0.3, -0.25) is 0 Å². The molecule has 2 aliphatic rings. The SMILES string of the molecule is C1=C(CCNCCN2CCCCC2)CCCC1. The molecule has 0 atom stereocenters. The molecular weight excluding hydrogens is 208 g/mol. The molecule has 0 spiro atoms. The molecule has 1 saturated heterocycles. The minimum Gasteiger partial charge on any atom is -0.315 e. The zero-order chi connectivity index (χ0) is 11.8. The minimum absolute atomic E-state index is 1.17. The fourth-order valence-electron chi connectivity index (χ4n) is 2.93. The highest BCUT2D eigenvalue weighted by molar-refractivity contribution is 5.05. The lowest BCUT2D eigenvalue weighted by atomic mass is 9.97. The highest BCUT2D eigenvalue weighted by Crippen LogP contribution is 2.19. The van der Waals surface area contributed by atoms with Crippen molar-refractivity contribution in [1.82, 2.24) is 10.2 Å². The van der Waals surface area contributed by atoms with E-state index >= 15 is 0 Å². The molecule has 1 heterocycles. The predicted octanol–water partition coefficient (Wildman–Crippen LogP) is 2.95. The van der Waals surface area contributed by atoms with Crippen LogP contribution in [0.15, 0.2) is 11.6 Å². The molecule has 1 aliphatic carbocycles. The van der Waals surface area contributed by atoms with Gasteiger partial charge in [0.1, 0.15) is 0 Å². The maximum Gasteiger partial charge on any atom is 0.0107 e. The largest absolute Gasteiger partial charge is 0.315 e. The minimum atomic E-state index is 1.17. The number of hydrogen-bond acceptors (Lipinski definition) is 2. The molecule has 0 unspecified atom stereocenters. The Morgan fingerprint density at radius 3 is 2.65 bits per heavy atom. The fourth-order valence-corrected chi connectivity index (χ4v) is 2.93. The van der Waals surface area contributed by atoms with Crippen molar-refractivity contribution in [3.05, 3.63) is 11.6 Å². The average molecular weight is 236 g/mol. The van der Waals surface area contributed by atoms with Crippen molar-refractivity contribution >= 4 is 0 Å². The lowest BCUT2D eigenvalue weighted by Gasteiger charge is -2.26. The summed E-state index contributed by atoms with van der Waals surface area (Å²) >= 11 is 0. The molecule has 2 rings (SSSR count). The molecule has 17 heavy (non-hydrogen) atoms. The third-order valence-electron chi connectivity index (χ3n) is 4.06. The summed E-state index contributed by atoms with van der Waals surface area (Å²) in [7, 11) is 0. The molecular formula is C15H28N2. The number of nitrogens with zero attached hydrogens (tertiary/aromatic N) is 1. The van der Waals surface area contributed by atoms with Crippen LogP contribution in [-0.4, -0.2) is 37.6 Å². The molecule has 0 saturated carbocycles. The lowest BCUT2D eigenvalue weighted by molar-refractivity contribution is 0.229. The van der Waals surface area contributed by atoms with E-state index in [1.807, 2.05) is 0 Å². The van der Waals surface area contributed by atoms with Crippen LogP contribution < -0.4 is 5.32 Å². The van der Waals surface area contributed by atoms with Crippen LogP contribution >= 0.6 is 0 Å². The summed E-state index contributed by atoms with van der Waals surface area (Å²) in [6, 6.07) is 0. The molecule has 2 heteroatoms. The van der Waals surface area contributed by atoms with Crippen molar-refractivity contribution in [3.63, 3.8) is 0 Å². The van der Waals surface area contributed by atoms with E-state index in [0.717, 1.165) is 0 Å². The van der Waals surface area contributed by atoms with Gasteiger partial charge >= 0.3 is 0 Å². The normalized spacial score (nSPS) is 22.5. The molecule has 0 aromatic heterocycles. The van der Waals surface area contributed by atoms with Gasteiger partial charge in [-0.1, -0.05) is 18.1 Å². The van der Waals surface area contributed by atoms with Crippen molar-refractivity contribution < 1.29 is 0 Å². The molecule has 0 aromatic carbocycles. The first kappa shape index (κ1) is 13.1. The lowest BCUT2D eigenvalue weighted by Crippen LogP contribution is -2.36. The van der Waals surface area contributed by atoms with E-state index in [1.165, 1.54) is 84.1 Å². The Morgan fingerprint density at radius 1 is 1.00 bits per heavy atom. The molecule has 0 aromatic rings. The molecule has 1 N–H and O–H groups in total. The maximum atomic E-state index is 3.60. The van der Waals surface area contributed by atoms with E-state index in [2.05, 4.69) is 16.3 Å². The van der Waals surface area contributed by atoms with Crippen LogP contribution in [0.1, 0.15) is 51.4 Å². The summed E-state index contributed by atoms with van der Waals surface area (Å²) in [5, 5.41) is 3.60. The third-order valence-corrected chi connectivity index (χ3v) is 4.06. The second-order valence-corrected chi connectivity index (χ2v) is 5.51. The fraction of sp³-hybridized carbons (Fsp3) is 0.867. The predicted molar refractivity (Wildman–Crippen MR) is 74.3 cm³/mol. The van der Waals surface area contributed by atoms with Crippen LogP contribution in [0.4, 0.5) is 0 Å². The molecule has 0 bridgehead atoms. The summed E-state index contributed by atoms with van der Waals surface area (Å²) in [4.78, 5) is 2.61. The van der Waals surface area contributed by atoms with Gasteiger partial charge in [0.05, 0.1) is 0 Å². The van der Waals surface area contributed by atoms with E-state index in [0.29, 0.717) is 0 Å². The van der Waals surface area contributed by atoms with Crippen LogP contribution in [0.5, 0.6) is 0 Å². The van der Waals surface area contributed by atoms with Crippen molar-refractivity contribution in [3.8, 4) is 0 Å². The van der Waals surface area contributed by atoms with Crippen LogP contribution in [0.2, 0.25) is 0 Å². The third kappa shape index (κ3) is 5.22. The van der Waals surface area contributed by atoms with Gasteiger partial charge < -0.3 is 10.2 Å². The van der Waals surface area contributed by atoms with Gasteiger partial charge in [-0.2, -0.15) is 0 Å². The number of nitrogens with one attached hydrogen (secondary N) is 1. The van der Waals surface area contributed by atoms with Gasteiger partial charge in [0.15, 0.2) is 0 Å². The van der Waals surface area contributed by atoms with Crippen LogP contribution in [0, 0.1) is 0 Å². The van der Waals surface area contributed by atoms with Crippen molar-refractivity contribution in [2.75, 3.05) is 32.7 Å². The van der Waals surface area contributed by atoms with Crippen LogP contribution in [-0.2, 0) is 0 Å². The molecule has 1 fully saturated rings. The number of piperidine rings is 1. The molecule has 0 amide bonds. The van der Waals surface area contributed by atoms with Gasteiger partial charge in [-0.15, -0.1) is 0 Å². The van der Waals surface area contributed by atoms with E-state index in [-0.39, 0.29) is 0 Å². The zero-order valence-electron chi connectivity index (χ0n) is 11.2. The zero-order valence-corrected chi connectivity index (χ0v) is 11.2. The monoisotopic (exact) mass is 236 g/mol. The highest BCUT2D eigenvalue weighted by atomic mass is 15.1. The second-order valence-electron chi connectivity index (χ2n) is 5.51. The van der Waals surface area contributed by atoms with Gasteiger partial charge in [0.2, 0.25) is 0 Å². The van der Waals surface area contributed by atoms with Gasteiger partial charge in [0.25, 0.3) is 0 Å². The van der Waals surface area contributed by atoms with Crippen molar-refractivity contribution in [1.29, 1.82) is 0 Å². The molecule has 2 nitrogen and oxygen atoms in total. The van der Waals surface area contributed by atoms with Crippen LogP contribution in [0.3, 0.4) is 0 Å². The Bertz CT molecular complexity index is 229. The number of rotatable bonds is 6. The topological polar surface area (TPSA) is 15.3 Å². The average Bonchev–Trinajstić information content (AvgIpc) is 2.41. The quantitative estimate of drug-likeness (QED) is 0.563. The summed E-state index contributed by atoms with van der Waals surface area (Å²) in [5.41, 5.74) is 1.70. The second kappa shape index (κ2) is 7.88. The first-order valence-corrected chi connectivity index (χ1v) is 7.56. The number of likely N-dealkylation sites (tertiary alicyclic amines) is 1. The van der Waals surface area contributed by atoms with Gasteiger partial charge in [-0.25, -0.2) is 0 Å². The first-order valence-electron chi connectivity index (χ1n) is 7.56. The van der Waals surface area contributed by atoms with E-state index in [1.54, 1.807) is 5.57 Å². The number of hydrogen-bond donors (Lipinski definition) is 1. The highest BCUT2D eigenvalue weighted by Gasteiger charge is 2.08. The molecule has 1 aliphatic heterocycles. The Labute approximate surface area is 106 Å². The van der Waals surface area contributed by atoms with E-state index in [4.69, 9.17) is 0 Å². The van der Waals surface area contributed by atoms with Crippen molar-refractivity contribution in [2.45, 2.75) is 51.4 Å². The smallest absolute Gasteiger partial charge is 0.0107 e. The summed E-state index contributed by atoms with van der Waals surface area (Å²) in [6.45, 7) is 6.26.